The van der Waals surface area contributed by atoms with Gasteiger partial charge in [-0.15, -0.1) is 0 Å². The smallest absolute Gasteiger partial charge is 0.252 e. The van der Waals surface area contributed by atoms with Gasteiger partial charge in [-0.3, -0.25) is 9.79 Å². The third-order valence-electron chi connectivity index (χ3n) is 3.16. The summed E-state index contributed by atoms with van der Waals surface area (Å²) in [4.78, 5) is 16.1. The van der Waals surface area contributed by atoms with Gasteiger partial charge < -0.3 is 21.1 Å². The number of methoxy groups -OCH3 is 1. The van der Waals surface area contributed by atoms with Gasteiger partial charge in [-0.1, -0.05) is 23.7 Å². The van der Waals surface area contributed by atoms with Crippen LogP contribution in [0, 0.1) is 0 Å². The highest BCUT2D eigenvalue weighted by Crippen LogP contribution is 2.15. The summed E-state index contributed by atoms with van der Waals surface area (Å²) < 4.78 is 5.08. The Labute approximate surface area is 145 Å². The fourth-order valence-corrected chi connectivity index (χ4v) is 2.17. The van der Waals surface area contributed by atoms with Crippen LogP contribution in [0.3, 0.4) is 0 Å². The van der Waals surface area contributed by atoms with Crippen LogP contribution in [0.2, 0.25) is 5.02 Å². The Morgan fingerprint density at radius 2 is 1.92 bits per heavy atom. The van der Waals surface area contributed by atoms with E-state index in [-0.39, 0.29) is 11.9 Å². The first-order valence-electron chi connectivity index (χ1n) is 7.34. The zero-order chi connectivity index (χ0) is 17.4. The predicted octanol–water partition coefficient (Wildman–Crippen LogP) is 2.51. The van der Waals surface area contributed by atoms with Crippen molar-refractivity contribution in [3.63, 3.8) is 0 Å². The maximum Gasteiger partial charge on any atom is 0.252 e. The average molecular weight is 347 g/mol. The summed E-state index contributed by atoms with van der Waals surface area (Å²) in [6.45, 7) is 0.709. The first kappa shape index (κ1) is 17.6. The van der Waals surface area contributed by atoms with Crippen LogP contribution >= 0.6 is 11.6 Å². The second-order valence-electron chi connectivity index (χ2n) is 4.86. The maximum atomic E-state index is 12.0. The summed E-state index contributed by atoms with van der Waals surface area (Å²) in [7, 11) is 1.61. The number of amides is 1. The second-order valence-corrected chi connectivity index (χ2v) is 5.26. The number of guanidine groups is 1. The van der Waals surface area contributed by atoms with Crippen molar-refractivity contribution in [3.05, 3.63) is 59.1 Å². The molecule has 1 amide bonds. The largest absolute Gasteiger partial charge is 0.497 e. The Bertz CT molecular complexity index is 717. The van der Waals surface area contributed by atoms with Crippen LogP contribution in [0.15, 0.2) is 53.5 Å². The minimum atomic E-state index is -0.238. The van der Waals surface area contributed by atoms with E-state index in [9.17, 15) is 4.79 Å². The molecular weight excluding hydrogens is 328 g/mol. The number of halogens is 1. The number of hydrogen-bond acceptors (Lipinski definition) is 3. The number of rotatable bonds is 6. The molecule has 0 radical (unpaired) electrons. The molecule has 0 unspecified atom stereocenters. The minimum absolute atomic E-state index is 0.238. The van der Waals surface area contributed by atoms with Crippen molar-refractivity contribution in [1.29, 1.82) is 0 Å². The highest BCUT2D eigenvalue weighted by molar-refractivity contribution is 6.33. The van der Waals surface area contributed by atoms with E-state index in [0.717, 1.165) is 11.4 Å². The third-order valence-corrected chi connectivity index (χ3v) is 3.49. The lowest BCUT2D eigenvalue weighted by Crippen LogP contribution is -2.28. The van der Waals surface area contributed by atoms with E-state index < -0.39 is 0 Å². The number of aliphatic imine (C=N–C) groups is 1. The van der Waals surface area contributed by atoms with Crippen molar-refractivity contribution in [3.8, 4) is 5.75 Å². The van der Waals surface area contributed by atoms with Crippen molar-refractivity contribution >= 4 is 29.2 Å². The standard InChI is InChI=1S/C17H19ClN4O2/c1-24-13-8-6-12(7-9-13)22-17(19)21-11-10-20-16(23)14-4-2-3-5-15(14)18/h2-9H,10-11H2,1H3,(H,20,23)(H3,19,21,22). The Morgan fingerprint density at radius 1 is 1.21 bits per heavy atom. The number of carbonyl (C=O) groups excluding carboxylic acids is 1. The van der Waals surface area contributed by atoms with Gasteiger partial charge in [0.25, 0.3) is 5.91 Å². The Hall–Kier alpha value is -2.73. The summed E-state index contributed by atoms with van der Waals surface area (Å²) >= 11 is 5.97. The molecule has 0 fully saturated rings. The van der Waals surface area contributed by atoms with Crippen molar-refractivity contribution < 1.29 is 9.53 Å². The fraction of sp³-hybridized carbons (Fsp3) is 0.176. The van der Waals surface area contributed by atoms with Crippen LogP contribution in [0.25, 0.3) is 0 Å². The molecule has 0 bridgehead atoms. The van der Waals surface area contributed by atoms with Crippen LogP contribution in [-0.2, 0) is 0 Å². The van der Waals surface area contributed by atoms with E-state index in [4.69, 9.17) is 22.1 Å². The number of nitrogens with two attached hydrogens (primary N) is 1. The lowest BCUT2D eigenvalue weighted by atomic mass is 10.2. The van der Waals surface area contributed by atoms with Crippen molar-refractivity contribution in [2.45, 2.75) is 0 Å². The van der Waals surface area contributed by atoms with Crippen molar-refractivity contribution in [2.24, 2.45) is 10.7 Å². The molecule has 0 saturated heterocycles. The van der Waals surface area contributed by atoms with Gasteiger partial charge in [0.05, 0.1) is 24.2 Å². The van der Waals surface area contributed by atoms with Gasteiger partial charge in [-0.05, 0) is 36.4 Å². The van der Waals surface area contributed by atoms with Crippen molar-refractivity contribution in [1.82, 2.24) is 5.32 Å². The molecule has 0 aliphatic rings. The number of anilines is 1. The lowest BCUT2D eigenvalue weighted by Gasteiger charge is -2.07. The summed E-state index contributed by atoms with van der Waals surface area (Å²) in [5.74, 6) is 0.794. The molecule has 2 rings (SSSR count). The van der Waals surface area contributed by atoms with E-state index in [2.05, 4.69) is 15.6 Å². The normalized spacial score (nSPS) is 11.0. The number of benzene rings is 2. The van der Waals surface area contributed by atoms with Gasteiger partial charge in [0, 0.05) is 12.2 Å². The van der Waals surface area contributed by atoms with Crippen LogP contribution < -0.4 is 21.1 Å². The summed E-state index contributed by atoms with van der Waals surface area (Å²) in [5.41, 5.74) is 7.04. The molecule has 0 aromatic heterocycles. The van der Waals surface area contributed by atoms with Crippen molar-refractivity contribution in [2.75, 3.05) is 25.5 Å². The Balaban J connectivity index is 1.78. The third kappa shape index (κ3) is 5.17. The van der Waals surface area contributed by atoms with Gasteiger partial charge in [0.2, 0.25) is 0 Å². The van der Waals surface area contributed by atoms with Crippen LogP contribution in [0.1, 0.15) is 10.4 Å². The second kappa shape index (κ2) is 8.79. The monoisotopic (exact) mass is 346 g/mol. The quantitative estimate of drug-likeness (QED) is 0.426. The average Bonchev–Trinajstić information content (AvgIpc) is 2.59. The topological polar surface area (TPSA) is 88.7 Å². The molecule has 0 spiro atoms. The number of nitrogens with one attached hydrogen (secondary N) is 2. The first-order chi connectivity index (χ1) is 11.6. The molecular formula is C17H19ClN4O2. The van der Waals surface area contributed by atoms with E-state index in [0.29, 0.717) is 23.7 Å². The van der Waals surface area contributed by atoms with Gasteiger partial charge in [-0.2, -0.15) is 0 Å². The number of carbonyl (C=O) groups is 1. The molecule has 7 heteroatoms. The molecule has 0 aliphatic heterocycles. The molecule has 6 nitrogen and oxygen atoms in total. The molecule has 0 saturated carbocycles. The van der Waals surface area contributed by atoms with Crippen LogP contribution in [0.4, 0.5) is 5.69 Å². The van der Waals surface area contributed by atoms with E-state index >= 15 is 0 Å². The van der Waals surface area contributed by atoms with Crippen LogP contribution in [0.5, 0.6) is 5.75 Å². The maximum absolute atomic E-state index is 12.0. The molecule has 0 atom stereocenters. The highest BCUT2D eigenvalue weighted by atomic mass is 35.5. The van der Waals surface area contributed by atoms with Crippen LogP contribution in [-0.4, -0.2) is 32.1 Å². The van der Waals surface area contributed by atoms with E-state index in [1.54, 1.807) is 31.4 Å². The van der Waals surface area contributed by atoms with Gasteiger partial charge in [-0.25, -0.2) is 0 Å². The SMILES string of the molecule is COc1ccc(NC(N)=NCCNC(=O)c2ccccc2Cl)cc1. The summed E-state index contributed by atoms with van der Waals surface area (Å²) in [6.07, 6.45) is 0. The van der Waals surface area contributed by atoms with Gasteiger partial charge in [0.15, 0.2) is 5.96 Å². The Morgan fingerprint density at radius 3 is 2.58 bits per heavy atom. The molecule has 0 heterocycles. The summed E-state index contributed by atoms with van der Waals surface area (Å²) in [5, 5.41) is 6.12. The fourth-order valence-electron chi connectivity index (χ4n) is 1.95. The highest BCUT2D eigenvalue weighted by Gasteiger charge is 2.08. The number of hydrogen-bond donors (Lipinski definition) is 3. The predicted molar refractivity (Wildman–Crippen MR) is 96.9 cm³/mol. The molecule has 126 valence electrons. The number of ether oxygens (including phenoxy) is 1. The molecule has 2 aromatic carbocycles. The molecule has 24 heavy (non-hydrogen) atoms. The summed E-state index contributed by atoms with van der Waals surface area (Å²) in [6, 6.07) is 14.2. The van der Waals surface area contributed by atoms with E-state index in [1.165, 1.54) is 0 Å². The first-order valence-corrected chi connectivity index (χ1v) is 7.71. The Kier molecular flexibility index (Phi) is 6.45. The van der Waals surface area contributed by atoms with Gasteiger partial charge in [0.1, 0.15) is 5.75 Å². The molecule has 2 aromatic rings. The molecule has 4 N–H and O–H groups in total. The van der Waals surface area contributed by atoms with Gasteiger partial charge >= 0.3 is 0 Å². The number of nitrogens with zero attached hydrogens (tertiary/aromatic N) is 1. The zero-order valence-corrected chi connectivity index (χ0v) is 14.0. The minimum Gasteiger partial charge on any atom is -0.497 e. The zero-order valence-electron chi connectivity index (χ0n) is 13.3. The lowest BCUT2D eigenvalue weighted by molar-refractivity contribution is 0.0955. The van der Waals surface area contributed by atoms with E-state index in [1.807, 2.05) is 24.3 Å². The molecule has 0 aliphatic carbocycles.